The van der Waals surface area contributed by atoms with Crippen LogP contribution in [0.1, 0.15) is 13.8 Å². The van der Waals surface area contributed by atoms with Crippen LogP contribution in [0, 0.1) is 0 Å². The molecule has 1 unspecified atom stereocenters. The maximum absolute atomic E-state index is 11.8. The van der Waals surface area contributed by atoms with Gasteiger partial charge in [0.1, 0.15) is 0 Å². The van der Waals surface area contributed by atoms with E-state index in [2.05, 4.69) is 21.9 Å². The maximum atomic E-state index is 11.8. The average Bonchev–Trinajstić information content (AvgIpc) is 2.39. The van der Waals surface area contributed by atoms with Crippen molar-refractivity contribution in [3.05, 3.63) is 24.3 Å². The summed E-state index contributed by atoms with van der Waals surface area (Å²) < 4.78 is 26.2. The Morgan fingerprint density at radius 2 is 2.05 bits per heavy atom. The number of anilines is 1. The Hall–Kier alpha value is -1.11. The lowest BCUT2D eigenvalue weighted by Crippen LogP contribution is -2.49. The fraction of sp³-hybridized carbons (Fsp3) is 0.538. The number of nitrogens with zero attached hydrogens (tertiary/aromatic N) is 1. The van der Waals surface area contributed by atoms with E-state index in [0.717, 1.165) is 25.3 Å². The molecule has 5 nitrogen and oxygen atoms in total. The Bertz CT molecular complexity index is 513. The van der Waals surface area contributed by atoms with Gasteiger partial charge < -0.3 is 10.2 Å². The molecule has 0 bridgehead atoms. The zero-order valence-electron chi connectivity index (χ0n) is 11.4. The number of sulfonamides is 1. The molecule has 0 radical (unpaired) electrons. The fourth-order valence-corrected chi connectivity index (χ4v) is 3.32. The van der Waals surface area contributed by atoms with Gasteiger partial charge in [0.25, 0.3) is 0 Å². The zero-order valence-corrected chi connectivity index (χ0v) is 12.2. The van der Waals surface area contributed by atoms with Crippen LogP contribution < -0.4 is 14.9 Å². The molecule has 0 aliphatic carbocycles. The summed E-state index contributed by atoms with van der Waals surface area (Å²) in [4.78, 5) is 2.59. The van der Waals surface area contributed by atoms with Gasteiger partial charge in [0, 0.05) is 37.9 Å². The van der Waals surface area contributed by atoms with E-state index in [1.165, 1.54) is 0 Å². The van der Waals surface area contributed by atoms with Crippen molar-refractivity contribution in [2.45, 2.75) is 24.8 Å². The van der Waals surface area contributed by atoms with Crippen LogP contribution in [0.4, 0.5) is 5.69 Å². The fourth-order valence-electron chi connectivity index (χ4n) is 2.28. The van der Waals surface area contributed by atoms with E-state index in [1.54, 1.807) is 19.1 Å². The summed E-state index contributed by atoms with van der Waals surface area (Å²) in [6, 6.07) is 7.55. The third kappa shape index (κ3) is 3.46. The highest BCUT2D eigenvalue weighted by atomic mass is 32.2. The predicted molar refractivity (Wildman–Crippen MR) is 77.0 cm³/mol. The molecule has 2 rings (SSSR count). The van der Waals surface area contributed by atoms with E-state index >= 15 is 0 Å². The second-order valence-corrected chi connectivity index (χ2v) is 6.56. The number of piperazine rings is 1. The first-order valence-electron chi connectivity index (χ1n) is 6.61. The zero-order chi connectivity index (χ0) is 13.9. The summed E-state index contributed by atoms with van der Waals surface area (Å²) in [5, 5.41) is 3.39. The molecule has 2 N–H and O–H groups in total. The summed E-state index contributed by atoms with van der Waals surface area (Å²) in [5.74, 6) is 0. The van der Waals surface area contributed by atoms with E-state index in [1.807, 2.05) is 12.1 Å². The molecule has 0 aromatic heterocycles. The molecule has 1 aliphatic heterocycles. The molecule has 1 fully saturated rings. The molecule has 1 aromatic rings. The number of hydrogen-bond acceptors (Lipinski definition) is 4. The number of rotatable bonds is 4. The predicted octanol–water partition coefficient (Wildman–Crippen LogP) is 0.783. The highest BCUT2D eigenvalue weighted by Gasteiger charge is 2.17. The van der Waals surface area contributed by atoms with E-state index in [9.17, 15) is 8.42 Å². The van der Waals surface area contributed by atoms with Gasteiger partial charge in [-0.05, 0) is 31.2 Å². The van der Waals surface area contributed by atoms with Crippen LogP contribution in [0.5, 0.6) is 0 Å². The summed E-state index contributed by atoms with van der Waals surface area (Å²) in [5.41, 5.74) is 1.07. The van der Waals surface area contributed by atoms with Crippen molar-refractivity contribution in [2.24, 2.45) is 0 Å². The normalized spacial score (nSPS) is 20.5. The molecule has 6 heteroatoms. The lowest BCUT2D eigenvalue weighted by molar-refractivity contribution is 0.485. The van der Waals surface area contributed by atoms with E-state index in [-0.39, 0.29) is 0 Å². The SMILES string of the molecule is CCNS(=O)(=O)c1ccc(N2CCNC(C)C2)cc1. The Kier molecular flexibility index (Phi) is 4.44. The molecule has 0 spiro atoms. The highest BCUT2D eigenvalue weighted by Crippen LogP contribution is 2.19. The van der Waals surface area contributed by atoms with E-state index in [4.69, 9.17) is 0 Å². The highest BCUT2D eigenvalue weighted by molar-refractivity contribution is 7.89. The molecule has 0 saturated carbocycles. The van der Waals surface area contributed by atoms with Crippen molar-refractivity contribution in [1.82, 2.24) is 10.0 Å². The van der Waals surface area contributed by atoms with Gasteiger partial charge in [-0.25, -0.2) is 13.1 Å². The van der Waals surface area contributed by atoms with Crippen LogP contribution in [0.2, 0.25) is 0 Å². The smallest absolute Gasteiger partial charge is 0.240 e. The Balaban J connectivity index is 2.14. The second kappa shape index (κ2) is 5.90. The first-order chi connectivity index (χ1) is 9.03. The van der Waals surface area contributed by atoms with Crippen LogP contribution in [0.25, 0.3) is 0 Å². The van der Waals surface area contributed by atoms with Gasteiger partial charge in [-0.15, -0.1) is 0 Å². The molecule has 0 amide bonds. The molecule has 1 saturated heterocycles. The summed E-state index contributed by atoms with van der Waals surface area (Å²) in [6.45, 7) is 7.17. The molecule has 106 valence electrons. The minimum absolute atomic E-state index is 0.321. The van der Waals surface area contributed by atoms with Crippen LogP contribution >= 0.6 is 0 Å². The maximum Gasteiger partial charge on any atom is 0.240 e. The Morgan fingerprint density at radius 1 is 1.37 bits per heavy atom. The van der Waals surface area contributed by atoms with Gasteiger partial charge in [0.15, 0.2) is 0 Å². The monoisotopic (exact) mass is 283 g/mol. The van der Waals surface area contributed by atoms with E-state index < -0.39 is 10.0 Å². The van der Waals surface area contributed by atoms with Crippen LogP contribution in [0.3, 0.4) is 0 Å². The van der Waals surface area contributed by atoms with Gasteiger partial charge in [-0.3, -0.25) is 0 Å². The van der Waals surface area contributed by atoms with Crippen molar-refractivity contribution >= 4 is 15.7 Å². The lowest BCUT2D eigenvalue weighted by Gasteiger charge is -2.33. The minimum atomic E-state index is -3.35. The van der Waals surface area contributed by atoms with Crippen molar-refractivity contribution in [3.8, 4) is 0 Å². The van der Waals surface area contributed by atoms with Gasteiger partial charge in [0.05, 0.1) is 4.90 Å². The minimum Gasteiger partial charge on any atom is -0.369 e. The standard InChI is InChI=1S/C13H21N3O2S/c1-3-15-19(17,18)13-6-4-12(5-7-13)16-9-8-14-11(2)10-16/h4-7,11,14-15H,3,8-10H2,1-2H3. The third-order valence-electron chi connectivity index (χ3n) is 3.22. The molecule has 1 aromatic carbocycles. The molecular weight excluding hydrogens is 262 g/mol. The van der Waals surface area contributed by atoms with Crippen LogP contribution in [-0.2, 0) is 10.0 Å². The molecular formula is C13H21N3O2S. The average molecular weight is 283 g/mol. The van der Waals surface area contributed by atoms with Crippen molar-refractivity contribution in [3.63, 3.8) is 0 Å². The van der Waals surface area contributed by atoms with Gasteiger partial charge in [-0.2, -0.15) is 0 Å². The van der Waals surface area contributed by atoms with Crippen LogP contribution in [0.15, 0.2) is 29.2 Å². The first-order valence-corrected chi connectivity index (χ1v) is 8.09. The second-order valence-electron chi connectivity index (χ2n) is 4.80. The largest absolute Gasteiger partial charge is 0.369 e. The summed E-state index contributed by atoms with van der Waals surface area (Å²) in [6.07, 6.45) is 0. The van der Waals surface area contributed by atoms with Gasteiger partial charge >= 0.3 is 0 Å². The van der Waals surface area contributed by atoms with Crippen molar-refractivity contribution in [1.29, 1.82) is 0 Å². The molecule has 1 atom stereocenters. The molecule has 19 heavy (non-hydrogen) atoms. The van der Waals surface area contributed by atoms with E-state index in [0.29, 0.717) is 17.5 Å². The summed E-state index contributed by atoms with van der Waals surface area (Å²) in [7, 11) is -3.35. The number of benzene rings is 1. The molecule has 1 aliphatic rings. The third-order valence-corrected chi connectivity index (χ3v) is 4.78. The van der Waals surface area contributed by atoms with Gasteiger partial charge in [-0.1, -0.05) is 6.92 Å². The number of nitrogens with one attached hydrogen (secondary N) is 2. The lowest BCUT2D eigenvalue weighted by atomic mass is 10.2. The molecule has 1 heterocycles. The van der Waals surface area contributed by atoms with Crippen molar-refractivity contribution in [2.75, 3.05) is 31.1 Å². The topological polar surface area (TPSA) is 61.4 Å². The number of hydrogen-bond donors (Lipinski definition) is 2. The summed E-state index contributed by atoms with van der Waals surface area (Å²) >= 11 is 0. The van der Waals surface area contributed by atoms with Gasteiger partial charge in [0.2, 0.25) is 10.0 Å². The Labute approximate surface area is 115 Å². The quantitative estimate of drug-likeness (QED) is 0.857. The Morgan fingerprint density at radius 3 is 2.63 bits per heavy atom. The first kappa shape index (κ1) is 14.3. The van der Waals surface area contributed by atoms with Crippen LogP contribution in [-0.4, -0.2) is 40.6 Å². The van der Waals surface area contributed by atoms with Crippen molar-refractivity contribution < 1.29 is 8.42 Å².